The molecule has 1 aliphatic heterocycles. The Morgan fingerprint density at radius 2 is 1.88 bits per heavy atom. The summed E-state index contributed by atoms with van der Waals surface area (Å²) >= 11 is 0. The van der Waals surface area contributed by atoms with Crippen LogP contribution in [0.15, 0.2) is 36.5 Å². The lowest BCUT2D eigenvalue weighted by molar-refractivity contribution is 0.0528. The standard InChI is InChI=1S/C24H32N4O4/c1-24(2,3)32-23(31)25-12-9-20-19(21(29)30)16-26-22(27-20)28-13-10-18(11-14-28)15-17-7-5-4-6-8-17/h4-8,16,18H,9-15H2,1-3H3,(H,25,31)(H,29,30). The highest BCUT2D eigenvalue weighted by Gasteiger charge is 2.23. The van der Waals surface area contributed by atoms with Crippen molar-refractivity contribution < 1.29 is 19.4 Å². The Kier molecular flexibility index (Phi) is 7.66. The second kappa shape index (κ2) is 10.4. The molecule has 0 unspecified atom stereocenters. The van der Waals surface area contributed by atoms with Gasteiger partial charge in [-0.25, -0.2) is 19.6 Å². The van der Waals surface area contributed by atoms with Gasteiger partial charge in [0.15, 0.2) is 0 Å². The normalized spacial score (nSPS) is 14.8. The summed E-state index contributed by atoms with van der Waals surface area (Å²) in [7, 11) is 0. The number of nitrogens with one attached hydrogen (secondary N) is 1. The molecule has 2 aromatic rings. The van der Waals surface area contributed by atoms with E-state index in [1.165, 1.54) is 11.8 Å². The van der Waals surface area contributed by atoms with Crippen molar-refractivity contribution in [1.29, 1.82) is 0 Å². The molecular weight excluding hydrogens is 408 g/mol. The van der Waals surface area contributed by atoms with Gasteiger partial charge in [0.25, 0.3) is 0 Å². The summed E-state index contributed by atoms with van der Waals surface area (Å²) in [5, 5.41) is 12.2. The molecule has 1 amide bonds. The molecule has 1 aromatic heterocycles. The molecular formula is C24H32N4O4. The van der Waals surface area contributed by atoms with E-state index in [-0.39, 0.29) is 18.5 Å². The molecule has 0 radical (unpaired) electrons. The third-order valence-electron chi connectivity index (χ3n) is 5.38. The Morgan fingerprint density at radius 3 is 2.50 bits per heavy atom. The van der Waals surface area contributed by atoms with Crippen LogP contribution in [-0.4, -0.2) is 52.4 Å². The van der Waals surface area contributed by atoms with Crippen LogP contribution in [-0.2, 0) is 17.6 Å². The fourth-order valence-corrected chi connectivity index (χ4v) is 3.81. The smallest absolute Gasteiger partial charge is 0.407 e. The Balaban J connectivity index is 1.59. The predicted octanol–water partition coefficient (Wildman–Crippen LogP) is 3.70. The Bertz CT molecular complexity index is 919. The van der Waals surface area contributed by atoms with Crippen molar-refractivity contribution in [2.45, 2.75) is 52.1 Å². The van der Waals surface area contributed by atoms with Crippen LogP contribution in [0.5, 0.6) is 0 Å². The highest BCUT2D eigenvalue weighted by atomic mass is 16.6. The number of rotatable bonds is 7. The molecule has 1 aromatic carbocycles. The van der Waals surface area contributed by atoms with Crippen molar-refractivity contribution in [3.05, 3.63) is 53.3 Å². The van der Waals surface area contributed by atoms with Crippen molar-refractivity contribution in [3.8, 4) is 0 Å². The predicted molar refractivity (Wildman–Crippen MR) is 122 cm³/mol. The minimum Gasteiger partial charge on any atom is -0.478 e. The molecule has 0 spiro atoms. The van der Waals surface area contributed by atoms with Crippen molar-refractivity contribution >= 4 is 18.0 Å². The van der Waals surface area contributed by atoms with Crippen molar-refractivity contribution in [1.82, 2.24) is 15.3 Å². The summed E-state index contributed by atoms with van der Waals surface area (Å²) in [4.78, 5) is 34.4. The van der Waals surface area contributed by atoms with Crippen LogP contribution in [0.25, 0.3) is 0 Å². The van der Waals surface area contributed by atoms with Gasteiger partial charge >= 0.3 is 12.1 Å². The van der Waals surface area contributed by atoms with Crippen molar-refractivity contribution in [2.75, 3.05) is 24.5 Å². The van der Waals surface area contributed by atoms with Gasteiger partial charge in [-0.3, -0.25) is 0 Å². The molecule has 2 heterocycles. The number of aromatic nitrogens is 2. The van der Waals surface area contributed by atoms with Gasteiger partial charge in [0.2, 0.25) is 5.95 Å². The number of aromatic carboxylic acids is 1. The lowest BCUT2D eigenvalue weighted by Gasteiger charge is -2.32. The zero-order chi connectivity index (χ0) is 23.1. The topological polar surface area (TPSA) is 105 Å². The number of nitrogens with zero attached hydrogens (tertiary/aromatic N) is 3. The summed E-state index contributed by atoms with van der Waals surface area (Å²) in [6.07, 6.45) is 4.24. The maximum Gasteiger partial charge on any atom is 0.407 e. The third kappa shape index (κ3) is 6.93. The number of carbonyl (C=O) groups excluding carboxylic acids is 1. The quantitative estimate of drug-likeness (QED) is 0.676. The van der Waals surface area contributed by atoms with E-state index in [0.717, 1.165) is 32.4 Å². The van der Waals surface area contributed by atoms with Crippen molar-refractivity contribution in [2.24, 2.45) is 5.92 Å². The Hall–Kier alpha value is -3.16. The summed E-state index contributed by atoms with van der Waals surface area (Å²) in [5.41, 5.74) is 1.22. The molecule has 8 heteroatoms. The monoisotopic (exact) mass is 440 g/mol. The van der Waals surface area contributed by atoms with E-state index in [1.54, 1.807) is 20.8 Å². The molecule has 0 saturated carbocycles. The highest BCUT2D eigenvalue weighted by Crippen LogP contribution is 2.24. The van der Waals surface area contributed by atoms with Gasteiger partial charge in [-0.15, -0.1) is 0 Å². The Morgan fingerprint density at radius 1 is 1.19 bits per heavy atom. The molecule has 0 aliphatic carbocycles. The van der Waals surface area contributed by atoms with Gasteiger partial charge in [0, 0.05) is 32.3 Å². The number of piperidine rings is 1. The van der Waals surface area contributed by atoms with Crippen LogP contribution in [0.3, 0.4) is 0 Å². The lowest BCUT2D eigenvalue weighted by Crippen LogP contribution is -2.36. The molecule has 1 saturated heterocycles. The zero-order valence-corrected chi connectivity index (χ0v) is 19.0. The van der Waals surface area contributed by atoms with Crippen LogP contribution in [0.1, 0.15) is 55.2 Å². The molecule has 2 N–H and O–H groups in total. The number of hydrogen-bond acceptors (Lipinski definition) is 6. The first-order valence-electron chi connectivity index (χ1n) is 11.1. The van der Waals surface area contributed by atoms with Crippen molar-refractivity contribution in [3.63, 3.8) is 0 Å². The molecule has 32 heavy (non-hydrogen) atoms. The fraction of sp³-hybridized carbons (Fsp3) is 0.500. The van der Waals surface area contributed by atoms with Crippen LogP contribution in [0.4, 0.5) is 10.7 Å². The molecule has 0 atom stereocenters. The van der Waals surface area contributed by atoms with Crippen LogP contribution in [0, 0.1) is 5.92 Å². The number of alkyl carbamates (subject to hydrolysis) is 1. The van der Waals surface area contributed by atoms with Gasteiger partial charge in [0.1, 0.15) is 5.60 Å². The maximum atomic E-state index is 11.9. The van der Waals surface area contributed by atoms with E-state index in [2.05, 4.69) is 44.5 Å². The lowest BCUT2D eigenvalue weighted by atomic mass is 9.90. The number of anilines is 1. The zero-order valence-electron chi connectivity index (χ0n) is 19.0. The van der Waals surface area contributed by atoms with Gasteiger partial charge in [0.05, 0.1) is 11.3 Å². The summed E-state index contributed by atoms with van der Waals surface area (Å²) in [6, 6.07) is 10.5. The molecule has 1 fully saturated rings. The van der Waals surface area contributed by atoms with Crippen LogP contribution >= 0.6 is 0 Å². The van der Waals surface area contributed by atoms with Gasteiger partial charge in [-0.05, 0) is 51.5 Å². The molecule has 0 bridgehead atoms. The molecule has 172 valence electrons. The fourth-order valence-electron chi connectivity index (χ4n) is 3.81. The van der Waals surface area contributed by atoms with Crippen LogP contribution < -0.4 is 10.2 Å². The van der Waals surface area contributed by atoms with E-state index in [9.17, 15) is 14.7 Å². The van der Waals surface area contributed by atoms with Gasteiger partial charge in [-0.2, -0.15) is 0 Å². The second-order valence-corrected chi connectivity index (χ2v) is 9.13. The number of amides is 1. The maximum absolute atomic E-state index is 11.9. The first kappa shape index (κ1) is 23.5. The van der Waals surface area contributed by atoms with E-state index >= 15 is 0 Å². The van der Waals surface area contributed by atoms with E-state index < -0.39 is 17.7 Å². The van der Waals surface area contributed by atoms with E-state index in [1.807, 2.05) is 6.07 Å². The first-order chi connectivity index (χ1) is 15.2. The van der Waals surface area contributed by atoms with Crippen LogP contribution in [0.2, 0.25) is 0 Å². The highest BCUT2D eigenvalue weighted by molar-refractivity contribution is 5.88. The summed E-state index contributed by atoms with van der Waals surface area (Å²) < 4.78 is 5.22. The molecule has 8 nitrogen and oxygen atoms in total. The minimum atomic E-state index is -1.08. The number of ether oxygens (including phenoxy) is 1. The largest absolute Gasteiger partial charge is 0.478 e. The Labute approximate surface area is 189 Å². The summed E-state index contributed by atoms with van der Waals surface area (Å²) in [5.74, 6) is 0.0789. The first-order valence-corrected chi connectivity index (χ1v) is 11.1. The number of carboxylic acid groups (broad SMARTS) is 1. The van der Waals surface area contributed by atoms with E-state index in [0.29, 0.717) is 17.6 Å². The average Bonchev–Trinajstić information content (AvgIpc) is 2.73. The summed E-state index contributed by atoms with van der Waals surface area (Å²) in [6.45, 7) is 7.25. The van der Waals surface area contributed by atoms with Gasteiger partial charge < -0.3 is 20.1 Å². The SMILES string of the molecule is CC(C)(C)OC(=O)NCCc1nc(N2CCC(Cc3ccccc3)CC2)ncc1C(=O)O. The minimum absolute atomic E-state index is 0.0544. The van der Waals surface area contributed by atoms with E-state index in [4.69, 9.17) is 4.74 Å². The molecule has 3 rings (SSSR count). The average molecular weight is 441 g/mol. The third-order valence-corrected chi connectivity index (χ3v) is 5.38. The van der Waals surface area contributed by atoms with Gasteiger partial charge in [-0.1, -0.05) is 30.3 Å². The number of benzene rings is 1. The number of carbonyl (C=O) groups is 2. The second-order valence-electron chi connectivity index (χ2n) is 9.13. The number of hydrogen-bond donors (Lipinski definition) is 2. The molecule has 1 aliphatic rings. The number of carboxylic acids is 1.